The first-order chi connectivity index (χ1) is 7.42. The fraction of sp³-hybridized carbons (Fsp3) is 0.700. The molecule has 16 heavy (non-hydrogen) atoms. The maximum atomic E-state index is 12.1. The molecule has 2 rings (SSSR count). The van der Waals surface area contributed by atoms with Crippen LogP contribution in [0.15, 0.2) is 17.3 Å². The second-order valence-electron chi connectivity index (χ2n) is 5.00. The Kier molecular flexibility index (Phi) is 2.79. The maximum absolute atomic E-state index is 12.1. The molecule has 1 N–H and O–H groups in total. The summed E-state index contributed by atoms with van der Waals surface area (Å²) in [7, 11) is -3.33. The molecule has 0 aliphatic carbocycles. The fourth-order valence-electron chi connectivity index (χ4n) is 1.86. The van der Waals surface area contributed by atoms with Gasteiger partial charge >= 0.3 is 0 Å². The number of H-pyrrole nitrogens is 1. The van der Waals surface area contributed by atoms with Gasteiger partial charge in [0.2, 0.25) is 10.0 Å². The Morgan fingerprint density at radius 1 is 1.38 bits per heavy atom. The summed E-state index contributed by atoms with van der Waals surface area (Å²) in [6.07, 6.45) is 4.60. The van der Waals surface area contributed by atoms with Crippen LogP contribution in [0.2, 0.25) is 0 Å². The summed E-state index contributed by atoms with van der Waals surface area (Å²) in [6.45, 7) is 5.55. The van der Waals surface area contributed by atoms with Crippen molar-refractivity contribution in [3.05, 3.63) is 12.4 Å². The van der Waals surface area contributed by atoms with Gasteiger partial charge in [0.05, 0.1) is 6.20 Å². The molecule has 1 aromatic rings. The number of aromatic amines is 1. The highest BCUT2D eigenvalue weighted by Gasteiger charge is 2.32. The first kappa shape index (κ1) is 11.6. The zero-order valence-corrected chi connectivity index (χ0v) is 10.4. The van der Waals surface area contributed by atoms with Gasteiger partial charge in [0.1, 0.15) is 4.90 Å². The largest absolute Gasteiger partial charge is 0.284 e. The zero-order valence-electron chi connectivity index (χ0n) is 9.60. The van der Waals surface area contributed by atoms with Gasteiger partial charge in [0, 0.05) is 19.3 Å². The monoisotopic (exact) mass is 243 g/mol. The normalized spacial score (nSPS) is 22.1. The topological polar surface area (TPSA) is 66.1 Å². The van der Waals surface area contributed by atoms with Crippen molar-refractivity contribution in [1.82, 2.24) is 14.5 Å². The SMILES string of the molecule is CC1(C)CCN(S(=O)(=O)c2cn[nH]c2)CC1. The third kappa shape index (κ3) is 2.12. The van der Waals surface area contributed by atoms with E-state index in [1.807, 2.05) is 0 Å². The van der Waals surface area contributed by atoms with Gasteiger partial charge in [-0.2, -0.15) is 9.40 Å². The summed E-state index contributed by atoms with van der Waals surface area (Å²) < 4.78 is 25.8. The molecule has 90 valence electrons. The molecule has 6 heteroatoms. The Morgan fingerprint density at radius 2 is 2.00 bits per heavy atom. The summed E-state index contributed by atoms with van der Waals surface area (Å²) in [5.74, 6) is 0. The molecule has 0 atom stereocenters. The number of rotatable bonds is 2. The van der Waals surface area contributed by atoms with Crippen LogP contribution in [0.4, 0.5) is 0 Å². The van der Waals surface area contributed by atoms with Crippen LogP contribution in [0, 0.1) is 5.41 Å². The number of nitrogens with one attached hydrogen (secondary N) is 1. The Hall–Kier alpha value is -0.880. The first-order valence-corrected chi connectivity index (χ1v) is 6.85. The lowest BCUT2D eigenvalue weighted by atomic mass is 9.83. The summed E-state index contributed by atoms with van der Waals surface area (Å²) in [6, 6.07) is 0. The summed E-state index contributed by atoms with van der Waals surface area (Å²) >= 11 is 0. The van der Waals surface area contributed by atoms with Gasteiger partial charge < -0.3 is 0 Å². The summed E-state index contributed by atoms with van der Waals surface area (Å²) in [4.78, 5) is 0.257. The van der Waals surface area contributed by atoms with E-state index in [9.17, 15) is 8.42 Å². The van der Waals surface area contributed by atoms with E-state index in [4.69, 9.17) is 0 Å². The molecular formula is C10H17N3O2S. The van der Waals surface area contributed by atoms with Crippen LogP contribution in [-0.2, 0) is 10.0 Å². The molecule has 0 amide bonds. The number of hydrogen-bond donors (Lipinski definition) is 1. The first-order valence-electron chi connectivity index (χ1n) is 5.41. The van der Waals surface area contributed by atoms with Crippen LogP contribution >= 0.6 is 0 Å². The number of sulfonamides is 1. The van der Waals surface area contributed by atoms with Gasteiger partial charge in [-0.3, -0.25) is 5.10 Å². The molecule has 0 aromatic carbocycles. The van der Waals surface area contributed by atoms with Crippen LogP contribution in [0.1, 0.15) is 26.7 Å². The molecule has 2 heterocycles. The molecule has 1 fully saturated rings. The highest BCUT2D eigenvalue weighted by Crippen LogP contribution is 2.32. The lowest BCUT2D eigenvalue weighted by Gasteiger charge is -2.35. The minimum atomic E-state index is -3.33. The van der Waals surface area contributed by atoms with E-state index >= 15 is 0 Å². The predicted molar refractivity (Wildman–Crippen MR) is 60.4 cm³/mol. The molecule has 0 spiro atoms. The van der Waals surface area contributed by atoms with Crippen LogP contribution in [0.3, 0.4) is 0 Å². The van der Waals surface area contributed by atoms with Gasteiger partial charge in [-0.25, -0.2) is 8.42 Å². The van der Waals surface area contributed by atoms with Crippen molar-refractivity contribution in [1.29, 1.82) is 0 Å². The van der Waals surface area contributed by atoms with E-state index in [1.54, 1.807) is 4.31 Å². The summed E-state index contributed by atoms with van der Waals surface area (Å²) in [5.41, 5.74) is 0.252. The molecule has 0 bridgehead atoms. The Morgan fingerprint density at radius 3 is 2.50 bits per heavy atom. The van der Waals surface area contributed by atoms with Crippen molar-refractivity contribution in [2.45, 2.75) is 31.6 Å². The van der Waals surface area contributed by atoms with Gasteiger partial charge in [-0.1, -0.05) is 13.8 Å². The molecular weight excluding hydrogens is 226 g/mol. The molecule has 1 saturated heterocycles. The maximum Gasteiger partial charge on any atom is 0.246 e. The zero-order chi connectivity index (χ0) is 11.8. The molecule has 0 saturated carbocycles. The van der Waals surface area contributed by atoms with Gasteiger partial charge in [-0.15, -0.1) is 0 Å². The van der Waals surface area contributed by atoms with Crippen molar-refractivity contribution in [2.24, 2.45) is 5.41 Å². The van der Waals surface area contributed by atoms with E-state index in [0.717, 1.165) is 12.8 Å². The Bertz CT molecular complexity index is 440. The molecule has 5 nitrogen and oxygen atoms in total. The van der Waals surface area contributed by atoms with Crippen LogP contribution < -0.4 is 0 Å². The van der Waals surface area contributed by atoms with Gasteiger partial charge in [0.25, 0.3) is 0 Å². The van der Waals surface area contributed by atoms with E-state index in [2.05, 4.69) is 24.0 Å². The lowest BCUT2D eigenvalue weighted by molar-refractivity contribution is 0.196. The Labute approximate surface area is 95.9 Å². The van der Waals surface area contributed by atoms with Gasteiger partial charge in [0.15, 0.2) is 0 Å². The smallest absolute Gasteiger partial charge is 0.246 e. The molecule has 0 radical (unpaired) electrons. The van der Waals surface area contributed by atoms with E-state index in [1.165, 1.54) is 12.4 Å². The molecule has 0 unspecified atom stereocenters. The molecule has 1 aliphatic heterocycles. The predicted octanol–water partition coefficient (Wildman–Crippen LogP) is 1.22. The van der Waals surface area contributed by atoms with Crippen LogP contribution in [0.5, 0.6) is 0 Å². The van der Waals surface area contributed by atoms with Crippen LogP contribution in [0.25, 0.3) is 0 Å². The number of aromatic nitrogens is 2. The third-order valence-corrected chi connectivity index (χ3v) is 5.05. The molecule has 1 aliphatic rings. The third-order valence-electron chi connectivity index (χ3n) is 3.19. The minimum absolute atomic E-state index is 0.252. The van der Waals surface area contributed by atoms with E-state index in [0.29, 0.717) is 13.1 Å². The number of nitrogens with zero attached hydrogens (tertiary/aromatic N) is 2. The van der Waals surface area contributed by atoms with Gasteiger partial charge in [-0.05, 0) is 18.3 Å². The van der Waals surface area contributed by atoms with Crippen molar-refractivity contribution in [3.63, 3.8) is 0 Å². The van der Waals surface area contributed by atoms with E-state index < -0.39 is 10.0 Å². The van der Waals surface area contributed by atoms with Crippen molar-refractivity contribution >= 4 is 10.0 Å². The highest BCUT2D eigenvalue weighted by molar-refractivity contribution is 7.89. The van der Waals surface area contributed by atoms with E-state index in [-0.39, 0.29) is 10.3 Å². The highest BCUT2D eigenvalue weighted by atomic mass is 32.2. The van der Waals surface area contributed by atoms with Crippen molar-refractivity contribution < 1.29 is 8.42 Å². The average molecular weight is 243 g/mol. The summed E-state index contributed by atoms with van der Waals surface area (Å²) in [5, 5.41) is 6.22. The van der Waals surface area contributed by atoms with Crippen molar-refractivity contribution in [3.8, 4) is 0 Å². The van der Waals surface area contributed by atoms with Crippen molar-refractivity contribution in [2.75, 3.05) is 13.1 Å². The Balaban J connectivity index is 2.16. The number of piperidine rings is 1. The number of hydrogen-bond acceptors (Lipinski definition) is 3. The lowest BCUT2D eigenvalue weighted by Crippen LogP contribution is -2.40. The average Bonchev–Trinajstić information content (AvgIpc) is 2.70. The fourth-order valence-corrected chi connectivity index (χ4v) is 3.21. The standard InChI is InChI=1S/C10H17N3O2S/c1-10(2)3-5-13(6-4-10)16(14,15)9-7-11-12-8-9/h7-8H,3-6H2,1-2H3,(H,11,12). The quantitative estimate of drug-likeness (QED) is 0.849. The second-order valence-corrected chi connectivity index (χ2v) is 6.94. The minimum Gasteiger partial charge on any atom is -0.284 e. The second kappa shape index (κ2) is 3.85. The van der Waals surface area contributed by atoms with Crippen LogP contribution in [-0.4, -0.2) is 36.0 Å². The molecule has 1 aromatic heterocycles.